The molecule has 0 aliphatic heterocycles. The zero-order valence-electron chi connectivity index (χ0n) is 49.7. The Bertz CT molecular complexity index is 1170. The zero-order chi connectivity index (χ0) is 53.6. The first-order valence-corrected chi connectivity index (χ1v) is 33.9. The molecule has 0 aromatic carbocycles. The van der Waals surface area contributed by atoms with Crippen LogP contribution in [0, 0.1) is 0 Å². The van der Waals surface area contributed by atoms with Gasteiger partial charge in [0.05, 0.1) is 39.9 Å². The highest BCUT2D eigenvalue weighted by Gasteiger charge is 2.29. The average Bonchev–Trinajstić information content (AvgIpc) is 3.35. The molecule has 4 unspecified atom stereocenters. The van der Waals surface area contributed by atoms with Crippen molar-refractivity contribution >= 4 is 13.7 Å². The van der Waals surface area contributed by atoms with E-state index in [-0.39, 0.29) is 18.9 Å². The highest BCUT2D eigenvalue weighted by Crippen LogP contribution is 2.38. The van der Waals surface area contributed by atoms with Crippen LogP contribution in [0.15, 0.2) is 0 Å². The normalized spacial score (nSPS) is 14.1. The topological polar surface area (TPSA) is 128 Å². The van der Waals surface area contributed by atoms with Crippen molar-refractivity contribution in [3.05, 3.63) is 0 Å². The van der Waals surface area contributed by atoms with Gasteiger partial charge in [-0.3, -0.25) is 9.36 Å². The molecule has 0 bridgehead atoms. The van der Waals surface area contributed by atoms with Gasteiger partial charge in [0.2, 0.25) is 5.91 Å². The maximum Gasteiger partial charge on any atom is 0.268 e. The molecule has 0 fully saturated rings. The summed E-state index contributed by atoms with van der Waals surface area (Å²) in [5, 5.41) is 24.8. The number of nitrogens with one attached hydrogen (secondary N) is 1. The van der Waals surface area contributed by atoms with Crippen LogP contribution in [-0.4, -0.2) is 79.8 Å². The van der Waals surface area contributed by atoms with Crippen molar-refractivity contribution < 1.29 is 38.0 Å². The van der Waals surface area contributed by atoms with Gasteiger partial charge in [-0.1, -0.05) is 322 Å². The summed E-state index contributed by atoms with van der Waals surface area (Å²) in [6, 6.07) is -1.07. The number of unbranched alkanes of at least 4 members (excludes halogenated alkanes) is 47. The minimum absolute atomic E-state index is 0.0365. The smallest absolute Gasteiger partial charge is 0.268 e. The molecule has 0 aliphatic rings. The Balaban J connectivity index is 3.90. The molecule has 10 heteroatoms. The van der Waals surface area contributed by atoms with Crippen LogP contribution in [0.5, 0.6) is 0 Å². The van der Waals surface area contributed by atoms with Gasteiger partial charge in [-0.2, -0.15) is 0 Å². The number of phosphoric acid groups is 1. The van der Waals surface area contributed by atoms with E-state index in [9.17, 15) is 24.5 Å². The SMILES string of the molecule is CCCCCCCCCCCCCCCCCCCCCCCCCCCCCCCCCCCCCCCC(=O)NC(COP(=O)([O-])OCC[N+](C)(C)C)C(O)C(O)CCCCCCCCCCCCCC. The van der Waals surface area contributed by atoms with Crippen LogP contribution in [0.1, 0.15) is 341 Å². The summed E-state index contributed by atoms with van der Waals surface area (Å²) in [5.41, 5.74) is 0. The third-order valence-electron chi connectivity index (χ3n) is 15.4. The lowest BCUT2D eigenvalue weighted by molar-refractivity contribution is -0.870. The second-order valence-corrected chi connectivity index (χ2v) is 25.4. The number of likely N-dealkylation sites (N-methyl/N-ethyl adjacent to an activating group) is 1. The fraction of sp³-hybridized carbons (Fsp3) is 0.984. The zero-order valence-corrected chi connectivity index (χ0v) is 50.6. The minimum atomic E-state index is -4.67. The summed E-state index contributed by atoms with van der Waals surface area (Å²) in [6.07, 6.45) is 63.5. The third-order valence-corrected chi connectivity index (χ3v) is 16.4. The monoisotopic (exact) mass is 1060 g/mol. The first-order chi connectivity index (χ1) is 35.4. The molecular weight excluding hydrogens is 928 g/mol. The van der Waals surface area contributed by atoms with E-state index in [4.69, 9.17) is 9.05 Å². The number of carbonyl (C=O) groups is 1. The molecule has 4 atom stereocenters. The Morgan fingerprint density at radius 1 is 0.438 bits per heavy atom. The molecule has 0 saturated heterocycles. The van der Waals surface area contributed by atoms with Crippen LogP contribution in [0.25, 0.3) is 0 Å². The summed E-state index contributed by atoms with van der Waals surface area (Å²) in [6.45, 7) is 4.49. The van der Waals surface area contributed by atoms with Crippen molar-refractivity contribution in [1.82, 2.24) is 5.32 Å². The van der Waals surface area contributed by atoms with Gasteiger partial charge in [0.15, 0.2) is 0 Å². The third kappa shape index (κ3) is 56.0. The molecule has 0 heterocycles. The minimum Gasteiger partial charge on any atom is -0.756 e. The van der Waals surface area contributed by atoms with Crippen molar-refractivity contribution in [3.63, 3.8) is 0 Å². The van der Waals surface area contributed by atoms with Crippen LogP contribution < -0.4 is 10.2 Å². The van der Waals surface area contributed by atoms with Crippen LogP contribution in [0.2, 0.25) is 0 Å². The lowest BCUT2D eigenvalue weighted by atomic mass is 9.99. The van der Waals surface area contributed by atoms with E-state index in [2.05, 4.69) is 19.2 Å². The Morgan fingerprint density at radius 2 is 0.699 bits per heavy atom. The molecule has 73 heavy (non-hydrogen) atoms. The maximum atomic E-state index is 13.0. The quantitative estimate of drug-likeness (QED) is 0.0314. The number of amides is 1. The number of aliphatic hydroxyl groups is 2. The molecule has 438 valence electrons. The van der Waals surface area contributed by atoms with Gasteiger partial charge in [-0.25, -0.2) is 0 Å². The van der Waals surface area contributed by atoms with Gasteiger partial charge in [-0.15, -0.1) is 0 Å². The van der Waals surface area contributed by atoms with Gasteiger partial charge < -0.3 is 34.0 Å². The van der Waals surface area contributed by atoms with E-state index >= 15 is 0 Å². The van der Waals surface area contributed by atoms with Crippen LogP contribution in [0.4, 0.5) is 0 Å². The number of hydrogen-bond acceptors (Lipinski definition) is 7. The van der Waals surface area contributed by atoms with Gasteiger partial charge in [0.25, 0.3) is 7.82 Å². The van der Waals surface area contributed by atoms with Gasteiger partial charge in [0.1, 0.15) is 19.3 Å². The standard InChI is InChI=1S/C63H129N2O7P/c1-6-8-10-12-14-16-18-20-21-22-23-24-25-26-27-28-29-30-31-32-33-34-35-36-37-38-39-40-41-42-43-44-46-48-50-52-54-56-62(67)64-60(59-72-73(69,70)71-58-57-65(3,4)5)63(68)61(66)55-53-51-49-47-45-19-17-15-13-11-9-7-2/h60-61,63,66,68H,6-59H2,1-5H3,(H-,64,67,69,70). The lowest BCUT2D eigenvalue weighted by Gasteiger charge is -2.31. The van der Waals surface area contributed by atoms with E-state index in [1.54, 1.807) is 0 Å². The summed E-state index contributed by atoms with van der Waals surface area (Å²) >= 11 is 0. The number of carbonyl (C=O) groups excluding carboxylic acids is 1. The van der Waals surface area contributed by atoms with Crippen LogP contribution in [0.3, 0.4) is 0 Å². The van der Waals surface area contributed by atoms with Gasteiger partial charge >= 0.3 is 0 Å². The van der Waals surface area contributed by atoms with Crippen molar-refractivity contribution in [2.75, 3.05) is 40.9 Å². The Hall–Kier alpha value is -0.540. The Morgan fingerprint density at radius 3 is 0.973 bits per heavy atom. The van der Waals surface area contributed by atoms with E-state index in [0.717, 1.165) is 38.5 Å². The van der Waals surface area contributed by atoms with Crippen molar-refractivity contribution in [2.45, 2.75) is 360 Å². The van der Waals surface area contributed by atoms with E-state index in [0.29, 0.717) is 17.4 Å². The highest BCUT2D eigenvalue weighted by atomic mass is 31.2. The maximum absolute atomic E-state index is 13.0. The van der Waals surface area contributed by atoms with E-state index < -0.39 is 32.7 Å². The molecule has 0 rings (SSSR count). The molecule has 0 aromatic rings. The van der Waals surface area contributed by atoms with Crippen molar-refractivity contribution in [2.24, 2.45) is 0 Å². The summed E-state index contributed by atoms with van der Waals surface area (Å²) in [4.78, 5) is 25.6. The fourth-order valence-electron chi connectivity index (χ4n) is 10.3. The molecule has 1 amide bonds. The van der Waals surface area contributed by atoms with Crippen molar-refractivity contribution in [3.8, 4) is 0 Å². The molecule has 3 N–H and O–H groups in total. The second-order valence-electron chi connectivity index (χ2n) is 24.0. The Labute approximate surface area is 455 Å². The molecular formula is C63H129N2O7P. The van der Waals surface area contributed by atoms with Gasteiger partial charge in [-0.05, 0) is 12.8 Å². The predicted octanol–water partition coefficient (Wildman–Crippen LogP) is 18.3. The van der Waals surface area contributed by atoms with E-state index in [1.807, 2.05) is 21.1 Å². The number of rotatable bonds is 61. The molecule has 0 saturated carbocycles. The fourth-order valence-corrected chi connectivity index (χ4v) is 11.0. The summed E-state index contributed by atoms with van der Waals surface area (Å²) in [7, 11) is 1.14. The van der Waals surface area contributed by atoms with Crippen molar-refractivity contribution in [1.29, 1.82) is 0 Å². The number of aliphatic hydroxyl groups excluding tert-OH is 2. The molecule has 0 aromatic heterocycles. The number of nitrogens with zero attached hydrogens (tertiary/aromatic N) is 1. The highest BCUT2D eigenvalue weighted by molar-refractivity contribution is 7.45. The molecule has 0 spiro atoms. The molecule has 0 radical (unpaired) electrons. The van der Waals surface area contributed by atoms with Crippen LogP contribution in [-0.2, 0) is 18.4 Å². The van der Waals surface area contributed by atoms with Crippen LogP contribution >= 0.6 is 7.82 Å². The summed E-state index contributed by atoms with van der Waals surface area (Å²) in [5.74, 6) is -0.270. The molecule has 9 nitrogen and oxygen atoms in total. The first-order valence-electron chi connectivity index (χ1n) is 32.5. The average molecular weight is 1060 g/mol. The largest absolute Gasteiger partial charge is 0.756 e. The Kier molecular flexibility index (Phi) is 54.4. The number of quaternary nitrogens is 1. The number of phosphoric ester groups is 1. The predicted molar refractivity (Wildman–Crippen MR) is 313 cm³/mol. The summed E-state index contributed by atoms with van der Waals surface area (Å²) < 4.78 is 23.3. The number of hydrogen-bond donors (Lipinski definition) is 3. The second kappa shape index (κ2) is 54.8. The lowest BCUT2D eigenvalue weighted by Crippen LogP contribution is -2.51. The van der Waals surface area contributed by atoms with E-state index in [1.165, 1.54) is 276 Å². The first kappa shape index (κ1) is 72.5. The van der Waals surface area contributed by atoms with Gasteiger partial charge in [0, 0.05) is 6.42 Å². The molecule has 0 aliphatic carbocycles.